The van der Waals surface area contributed by atoms with Gasteiger partial charge in [-0.1, -0.05) is 24.3 Å². The van der Waals surface area contributed by atoms with E-state index in [4.69, 9.17) is 4.84 Å². The number of hydroxylamine groups is 2. The van der Waals surface area contributed by atoms with Gasteiger partial charge in [0.15, 0.2) is 6.10 Å². The van der Waals surface area contributed by atoms with E-state index in [1.165, 1.54) is 17.5 Å². The summed E-state index contributed by atoms with van der Waals surface area (Å²) in [4.78, 5) is 31.2. The Hall–Kier alpha value is -1.72. The first-order valence-electron chi connectivity index (χ1n) is 6.51. The lowest BCUT2D eigenvalue weighted by molar-refractivity contribution is -0.180. The highest BCUT2D eigenvalue weighted by Gasteiger charge is 2.59. The van der Waals surface area contributed by atoms with Gasteiger partial charge in [0.2, 0.25) is 5.91 Å². The number of benzene rings is 1. The molecule has 98 valence electrons. The molecule has 3 aliphatic rings. The number of rotatable bonds is 0. The number of likely N-dealkylation sites (N-methyl/N-ethyl adjacent to an activating group) is 1. The fraction of sp³-hybridized carbons (Fsp3) is 0.429. The number of hydrogen-bond acceptors (Lipinski definition) is 4. The number of amides is 2. The van der Waals surface area contributed by atoms with E-state index < -0.39 is 6.10 Å². The van der Waals surface area contributed by atoms with E-state index in [-0.39, 0.29) is 23.8 Å². The zero-order chi connectivity index (χ0) is 13.1. The molecule has 2 saturated heterocycles. The second-order valence-corrected chi connectivity index (χ2v) is 5.32. The van der Waals surface area contributed by atoms with Crippen LogP contribution in [0.25, 0.3) is 0 Å². The Morgan fingerprint density at radius 2 is 2.00 bits per heavy atom. The number of carbonyl (C=O) groups excluding carboxylic acids is 2. The van der Waals surface area contributed by atoms with Crippen molar-refractivity contribution in [1.29, 1.82) is 0 Å². The molecule has 1 unspecified atom stereocenters. The molecule has 19 heavy (non-hydrogen) atoms. The van der Waals surface area contributed by atoms with Crippen molar-refractivity contribution in [3.8, 4) is 0 Å². The number of imide groups is 1. The summed E-state index contributed by atoms with van der Waals surface area (Å²) in [6.45, 7) is 0.735. The summed E-state index contributed by atoms with van der Waals surface area (Å²) in [5.41, 5.74) is 2.38. The van der Waals surface area contributed by atoms with Gasteiger partial charge in [-0.2, -0.15) is 5.06 Å². The Balaban J connectivity index is 1.82. The van der Waals surface area contributed by atoms with E-state index in [0.29, 0.717) is 0 Å². The zero-order valence-corrected chi connectivity index (χ0v) is 10.6. The van der Waals surface area contributed by atoms with E-state index in [1.54, 1.807) is 0 Å². The van der Waals surface area contributed by atoms with Gasteiger partial charge in [0.25, 0.3) is 5.91 Å². The van der Waals surface area contributed by atoms with Crippen molar-refractivity contribution < 1.29 is 14.4 Å². The molecule has 5 heteroatoms. The van der Waals surface area contributed by atoms with Crippen LogP contribution >= 0.6 is 0 Å². The van der Waals surface area contributed by atoms with Gasteiger partial charge in [-0.05, 0) is 17.5 Å². The largest absolute Gasteiger partial charge is 0.284 e. The number of fused-ring (bicyclic) bond motifs is 5. The van der Waals surface area contributed by atoms with Crippen LogP contribution in [0.5, 0.6) is 0 Å². The van der Waals surface area contributed by atoms with Gasteiger partial charge in [-0.25, -0.2) is 0 Å². The molecule has 0 aliphatic carbocycles. The summed E-state index contributed by atoms with van der Waals surface area (Å²) in [7, 11) is 1.53. The Morgan fingerprint density at radius 1 is 1.21 bits per heavy atom. The standard InChI is InChI=1S/C14H14N2O3/c1-15-13(17)10-11-9-5-3-2-4-8(9)6-7-16(11)19-12(10)14(15)18/h2-5,10-12H,6-7H2,1H3/t10-,11?,12+/m0/s1. The van der Waals surface area contributed by atoms with E-state index in [2.05, 4.69) is 6.07 Å². The Bertz CT molecular complexity index is 586. The second kappa shape index (κ2) is 3.65. The molecule has 0 spiro atoms. The summed E-state index contributed by atoms with van der Waals surface area (Å²) in [5, 5.41) is 1.82. The highest BCUT2D eigenvalue weighted by molar-refractivity contribution is 6.07. The minimum atomic E-state index is -0.631. The Kier molecular flexibility index (Phi) is 2.14. The lowest BCUT2D eigenvalue weighted by atomic mass is 9.85. The summed E-state index contributed by atoms with van der Waals surface area (Å²) in [6, 6.07) is 7.99. The predicted molar refractivity (Wildman–Crippen MR) is 65.7 cm³/mol. The monoisotopic (exact) mass is 258 g/mol. The van der Waals surface area contributed by atoms with Gasteiger partial charge in [0.1, 0.15) is 0 Å². The molecule has 2 amide bonds. The topological polar surface area (TPSA) is 49.9 Å². The quantitative estimate of drug-likeness (QED) is 0.636. The lowest BCUT2D eigenvalue weighted by Gasteiger charge is -2.32. The van der Waals surface area contributed by atoms with Crippen molar-refractivity contribution in [2.24, 2.45) is 5.92 Å². The highest BCUT2D eigenvalue weighted by Crippen LogP contribution is 2.46. The van der Waals surface area contributed by atoms with Crippen molar-refractivity contribution in [2.45, 2.75) is 18.6 Å². The SMILES string of the molecule is CN1C(=O)[C@@H]2ON3CCc4ccccc4C3[C@@H]2C1=O. The molecular formula is C14H14N2O3. The molecule has 4 rings (SSSR count). The molecule has 3 atom stereocenters. The third-order valence-corrected chi connectivity index (χ3v) is 4.39. The number of carbonyl (C=O) groups is 2. The van der Waals surface area contributed by atoms with Gasteiger partial charge >= 0.3 is 0 Å². The van der Waals surface area contributed by atoms with Crippen LogP contribution in [0.2, 0.25) is 0 Å². The molecule has 0 N–H and O–H groups in total. The summed E-state index contributed by atoms with van der Waals surface area (Å²) in [6.07, 6.45) is 0.262. The Morgan fingerprint density at radius 3 is 2.84 bits per heavy atom. The van der Waals surface area contributed by atoms with Crippen LogP contribution in [0, 0.1) is 5.92 Å². The predicted octanol–water partition coefficient (Wildman–Crippen LogP) is 0.514. The molecule has 0 aromatic heterocycles. The van der Waals surface area contributed by atoms with Gasteiger partial charge in [-0.15, -0.1) is 0 Å². The van der Waals surface area contributed by atoms with E-state index in [1.807, 2.05) is 23.3 Å². The van der Waals surface area contributed by atoms with Crippen LogP contribution in [0.4, 0.5) is 0 Å². The van der Waals surface area contributed by atoms with Crippen molar-refractivity contribution in [1.82, 2.24) is 9.96 Å². The fourth-order valence-corrected chi connectivity index (χ4v) is 3.43. The summed E-state index contributed by atoms with van der Waals surface area (Å²) < 4.78 is 0. The third kappa shape index (κ3) is 1.31. The van der Waals surface area contributed by atoms with E-state index >= 15 is 0 Å². The van der Waals surface area contributed by atoms with Crippen LogP contribution in [-0.4, -0.2) is 41.5 Å². The van der Waals surface area contributed by atoms with Crippen LogP contribution in [0.3, 0.4) is 0 Å². The van der Waals surface area contributed by atoms with Crippen LogP contribution < -0.4 is 0 Å². The molecule has 1 aromatic carbocycles. The van der Waals surface area contributed by atoms with Gasteiger partial charge < -0.3 is 0 Å². The van der Waals surface area contributed by atoms with Gasteiger partial charge in [0, 0.05) is 13.6 Å². The average molecular weight is 258 g/mol. The van der Waals surface area contributed by atoms with Crippen molar-refractivity contribution in [2.75, 3.05) is 13.6 Å². The van der Waals surface area contributed by atoms with Crippen molar-refractivity contribution in [3.63, 3.8) is 0 Å². The molecule has 2 fully saturated rings. The van der Waals surface area contributed by atoms with E-state index in [0.717, 1.165) is 18.5 Å². The van der Waals surface area contributed by atoms with Crippen LogP contribution in [-0.2, 0) is 20.8 Å². The van der Waals surface area contributed by atoms with Crippen molar-refractivity contribution in [3.05, 3.63) is 35.4 Å². The summed E-state index contributed by atoms with van der Waals surface area (Å²) >= 11 is 0. The molecule has 0 saturated carbocycles. The smallest absolute Gasteiger partial charge is 0.261 e. The molecule has 1 aromatic rings. The first kappa shape index (κ1) is 11.1. The average Bonchev–Trinajstić information content (AvgIpc) is 2.92. The maximum absolute atomic E-state index is 12.3. The Labute approximate surface area is 110 Å². The fourth-order valence-electron chi connectivity index (χ4n) is 3.43. The van der Waals surface area contributed by atoms with Gasteiger partial charge in [0.05, 0.1) is 12.0 Å². The zero-order valence-electron chi connectivity index (χ0n) is 10.6. The minimum absolute atomic E-state index is 0.114. The number of likely N-dealkylation sites (tertiary alicyclic amines) is 1. The summed E-state index contributed by atoms with van der Waals surface area (Å²) in [5.74, 6) is -0.736. The third-order valence-electron chi connectivity index (χ3n) is 4.39. The van der Waals surface area contributed by atoms with Crippen molar-refractivity contribution >= 4 is 11.8 Å². The molecule has 0 bridgehead atoms. The second-order valence-electron chi connectivity index (χ2n) is 5.32. The first-order chi connectivity index (χ1) is 9.18. The van der Waals surface area contributed by atoms with Gasteiger partial charge in [-0.3, -0.25) is 19.3 Å². The maximum atomic E-state index is 12.3. The number of nitrogens with zero attached hydrogens (tertiary/aromatic N) is 2. The minimum Gasteiger partial charge on any atom is -0.284 e. The molecule has 5 nitrogen and oxygen atoms in total. The molecule has 3 heterocycles. The highest BCUT2D eigenvalue weighted by atomic mass is 16.7. The maximum Gasteiger partial charge on any atom is 0.261 e. The molecule has 0 radical (unpaired) electrons. The lowest BCUT2D eigenvalue weighted by Crippen LogP contribution is -2.37. The molecular weight excluding hydrogens is 244 g/mol. The first-order valence-corrected chi connectivity index (χ1v) is 6.51. The van der Waals surface area contributed by atoms with E-state index in [9.17, 15) is 9.59 Å². The van der Waals surface area contributed by atoms with Crippen LogP contribution in [0.1, 0.15) is 17.2 Å². The molecule has 3 aliphatic heterocycles. The normalized spacial score (nSPS) is 33.3. The number of hydrogen-bond donors (Lipinski definition) is 0. The van der Waals surface area contributed by atoms with Crippen LogP contribution in [0.15, 0.2) is 24.3 Å².